The lowest BCUT2D eigenvalue weighted by Gasteiger charge is -2.17. The van der Waals surface area contributed by atoms with Crippen LogP contribution in [0.25, 0.3) is 10.9 Å². The second kappa shape index (κ2) is 6.46. The van der Waals surface area contributed by atoms with Crippen molar-refractivity contribution in [2.45, 2.75) is 11.1 Å². The van der Waals surface area contributed by atoms with E-state index < -0.39 is 0 Å². The van der Waals surface area contributed by atoms with E-state index in [2.05, 4.69) is 20.7 Å². The summed E-state index contributed by atoms with van der Waals surface area (Å²) in [7, 11) is 2.02. The summed E-state index contributed by atoms with van der Waals surface area (Å²) in [6.07, 6.45) is 0. The van der Waals surface area contributed by atoms with Crippen LogP contribution >= 0.6 is 23.3 Å². The predicted molar refractivity (Wildman–Crippen MR) is 92.8 cm³/mol. The molecule has 22 heavy (non-hydrogen) atoms. The molecule has 0 amide bonds. The maximum absolute atomic E-state index is 11.9. The molecule has 0 saturated heterocycles. The number of aromatic nitrogens is 1. The van der Waals surface area contributed by atoms with Crippen LogP contribution in [-0.4, -0.2) is 24.6 Å². The van der Waals surface area contributed by atoms with Gasteiger partial charge < -0.3 is 14.0 Å². The summed E-state index contributed by atoms with van der Waals surface area (Å²) in [5.74, 6) is -0.321. The zero-order valence-corrected chi connectivity index (χ0v) is 14.0. The largest absolute Gasteiger partial charge is 0.461 e. The number of carbonyl (C=O) groups excluding carboxylic acids is 1. The van der Waals surface area contributed by atoms with Gasteiger partial charge in [0.15, 0.2) is 0 Å². The van der Waals surface area contributed by atoms with E-state index in [1.54, 1.807) is 30.2 Å². The first-order valence-corrected chi connectivity index (χ1v) is 8.58. The summed E-state index contributed by atoms with van der Waals surface area (Å²) < 4.78 is 8.37. The number of nitrogens with zero attached hydrogens (tertiary/aromatic N) is 1. The van der Waals surface area contributed by atoms with Crippen LogP contribution in [0, 0.1) is 0 Å². The number of aromatic amines is 1. The number of esters is 1. The Kier molecular flexibility index (Phi) is 4.40. The third kappa shape index (κ3) is 2.98. The van der Waals surface area contributed by atoms with Gasteiger partial charge in [-0.2, -0.15) is 0 Å². The molecule has 4 nitrogen and oxygen atoms in total. The number of benzene rings is 1. The number of carbonyl (C=O) groups is 1. The lowest BCUT2D eigenvalue weighted by Crippen LogP contribution is -2.07. The Balaban J connectivity index is 1.94. The van der Waals surface area contributed by atoms with E-state index >= 15 is 0 Å². The van der Waals surface area contributed by atoms with Crippen molar-refractivity contribution in [2.75, 3.05) is 18.0 Å². The van der Waals surface area contributed by atoms with Crippen molar-refractivity contribution >= 4 is 45.8 Å². The highest BCUT2D eigenvalue weighted by Gasteiger charge is 2.14. The number of hydrogen-bond acceptors (Lipinski definition) is 5. The van der Waals surface area contributed by atoms with Crippen molar-refractivity contribution in [3.05, 3.63) is 47.5 Å². The maximum Gasteiger partial charge on any atom is 0.354 e. The van der Waals surface area contributed by atoms with Crippen molar-refractivity contribution in [1.82, 2.24) is 4.98 Å². The number of nitrogens with one attached hydrogen (secondary N) is 1. The number of ether oxygens (including phenoxy) is 1. The summed E-state index contributed by atoms with van der Waals surface area (Å²) >= 11 is 3.37. The average molecular weight is 332 g/mol. The van der Waals surface area contributed by atoms with Crippen LogP contribution in [0.15, 0.2) is 46.0 Å². The van der Waals surface area contributed by atoms with Gasteiger partial charge in [0, 0.05) is 12.4 Å². The minimum atomic E-state index is -0.321. The molecule has 0 spiro atoms. The highest BCUT2D eigenvalue weighted by molar-refractivity contribution is 8.02. The first kappa shape index (κ1) is 15.0. The highest BCUT2D eigenvalue weighted by atomic mass is 32.2. The maximum atomic E-state index is 11.9. The van der Waals surface area contributed by atoms with Gasteiger partial charge >= 0.3 is 5.97 Å². The van der Waals surface area contributed by atoms with E-state index in [1.165, 1.54) is 4.21 Å². The molecular formula is C16H16N2O2S2. The topological polar surface area (TPSA) is 45.3 Å². The monoisotopic (exact) mass is 332 g/mol. The van der Waals surface area contributed by atoms with Crippen molar-refractivity contribution in [1.29, 1.82) is 0 Å². The van der Waals surface area contributed by atoms with Crippen molar-refractivity contribution < 1.29 is 9.53 Å². The summed E-state index contributed by atoms with van der Waals surface area (Å²) in [6.45, 7) is 2.17. The number of H-pyrrole nitrogens is 1. The Hall–Kier alpha value is -1.92. The molecule has 6 heteroatoms. The summed E-state index contributed by atoms with van der Waals surface area (Å²) in [5, 5.41) is 3.06. The Bertz CT molecular complexity index is 781. The van der Waals surface area contributed by atoms with Crippen molar-refractivity contribution in [3.8, 4) is 0 Å². The number of hydrogen-bond donors (Lipinski definition) is 1. The molecule has 0 atom stereocenters. The van der Waals surface area contributed by atoms with Crippen molar-refractivity contribution in [2.24, 2.45) is 0 Å². The number of para-hydroxylation sites is 1. The molecule has 114 valence electrons. The van der Waals surface area contributed by atoms with Gasteiger partial charge in [-0.05, 0) is 42.5 Å². The molecule has 2 aromatic heterocycles. The van der Waals surface area contributed by atoms with Crippen LogP contribution in [0.3, 0.4) is 0 Å². The van der Waals surface area contributed by atoms with E-state index in [1.807, 2.05) is 37.4 Å². The van der Waals surface area contributed by atoms with Gasteiger partial charge in [-0.25, -0.2) is 4.79 Å². The fourth-order valence-corrected chi connectivity index (χ4v) is 4.00. The van der Waals surface area contributed by atoms with Gasteiger partial charge in [-0.15, -0.1) is 11.3 Å². The molecule has 0 radical (unpaired) electrons. The minimum absolute atomic E-state index is 0.321. The van der Waals surface area contributed by atoms with E-state index in [9.17, 15) is 4.79 Å². The predicted octanol–water partition coefficient (Wildman–Crippen LogP) is 4.55. The number of thiophene rings is 1. The smallest absolute Gasteiger partial charge is 0.354 e. The molecule has 3 rings (SSSR count). The third-order valence-electron chi connectivity index (χ3n) is 3.19. The first-order chi connectivity index (χ1) is 10.7. The van der Waals surface area contributed by atoms with Gasteiger partial charge in [0.2, 0.25) is 0 Å². The third-order valence-corrected chi connectivity index (χ3v) is 5.15. The molecule has 0 saturated carbocycles. The van der Waals surface area contributed by atoms with Gasteiger partial charge in [-0.3, -0.25) is 0 Å². The van der Waals surface area contributed by atoms with Gasteiger partial charge in [0.1, 0.15) is 5.69 Å². The summed E-state index contributed by atoms with van der Waals surface area (Å²) in [4.78, 5) is 15.1. The van der Waals surface area contributed by atoms with Crippen LogP contribution in [0.1, 0.15) is 17.4 Å². The Morgan fingerprint density at radius 1 is 1.36 bits per heavy atom. The van der Waals surface area contributed by atoms with E-state index in [0.717, 1.165) is 16.6 Å². The molecule has 0 aliphatic heterocycles. The number of anilines is 1. The van der Waals surface area contributed by atoms with E-state index in [0.29, 0.717) is 12.3 Å². The standard InChI is InChI=1S/C16H16N2O2S2/c1-3-20-16(19)12-10-11-6-4-7-13(15(11)17-12)18(2)22-14-8-5-9-21-14/h4-10,17H,3H2,1-2H3. The Morgan fingerprint density at radius 3 is 2.95 bits per heavy atom. The quantitative estimate of drug-likeness (QED) is 0.550. The van der Waals surface area contributed by atoms with E-state index in [-0.39, 0.29) is 5.97 Å². The van der Waals surface area contributed by atoms with Gasteiger partial charge in [0.05, 0.1) is 22.0 Å². The highest BCUT2D eigenvalue weighted by Crippen LogP contribution is 2.34. The fourth-order valence-electron chi connectivity index (χ4n) is 2.22. The van der Waals surface area contributed by atoms with Crippen LogP contribution in [0.2, 0.25) is 0 Å². The molecular weight excluding hydrogens is 316 g/mol. The second-order valence-corrected chi connectivity index (χ2v) is 7.04. The molecule has 1 aromatic carbocycles. The lowest BCUT2D eigenvalue weighted by atomic mass is 10.2. The normalized spacial score (nSPS) is 10.8. The number of fused-ring (bicyclic) bond motifs is 1. The van der Waals surface area contributed by atoms with Gasteiger partial charge in [-0.1, -0.05) is 18.2 Å². The summed E-state index contributed by atoms with van der Waals surface area (Å²) in [6, 6.07) is 12.0. The minimum Gasteiger partial charge on any atom is -0.461 e. The fraction of sp³-hybridized carbons (Fsp3) is 0.188. The molecule has 0 fully saturated rings. The Morgan fingerprint density at radius 2 is 2.23 bits per heavy atom. The van der Waals surface area contributed by atoms with Gasteiger partial charge in [0.25, 0.3) is 0 Å². The van der Waals surface area contributed by atoms with Crippen LogP contribution in [0.4, 0.5) is 5.69 Å². The Labute approximate surface area is 137 Å². The summed E-state index contributed by atoms with van der Waals surface area (Å²) in [5.41, 5.74) is 2.46. The molecule has 0 aliphatic carbocycles. The first-order valence-electron chi connectivity index (χ1n) is 6.93. The number of rotatable bonds is 5. The van der Waals surface area contributed by atoms with Crippen molar-refractivity contribution in [3.63, 3.8) is 0 Å². The molecule has 2 heterocycles. The molecule has 1 N–H and O–H groups in total. The average Bonchev–Trinajstić information content (AvgIpc) is 3.15. The second-order valence-electron chi connectivity index (χ2n) is 4.67. The zero-order valence-electron chi connectivity index (χ0n) is 12.3. The van der Waals surface area contributed by atoms with Crippen LogP contribution in [-0.2, 0) is 4.74 Å². The molecule has 0 bridgehead atoms. The molecule has 0 aliphatic rings. The molecule has 0 unspecified atom stereocenters. The SMILES string of the molecule is CCOC(=O)c1cc2cccc(N(C)Sc3cccs3)c2[nH]1. The van der Waals surface area contributed by atoms with Crippen LogP contribution < -0.4 is 4.31 Å². The zero-order chi connectivity index (χ0) is 15.5. The van der Waals surface area contributed by atoms with Crippen LogP contribution in [0.5, 0.6) is 0 Å². The lowest BCUT2D eigenvalue weighted by molar-refractivity contribution is 0.0520. The molecule has 3 aromatic rings. The van der Waals surface area contributed by atoms with E-state index in [4.69, 9.17) is 4.74 Å².